The Balaban J connectivity index is 3.07. The van der Waals surface area contributed by atoms with E-state index in [-0.39, 0.29) is 0 Å². The SMILES string of the molecule is CN(C)c1ccc(C=C(C#N)P(=O)(O)O)cc1. The summed E-state index contributed by atoms with van der Waals surface area (Å²) in [6, 6.07) is 8.52. The quantitative estimate of drug-likeness (QED) is 0.632. The van der Waals surface area contributed by atoms with Crippen molar-refractivity contribution in [3.8, 4) is 6.07 Å². The van der Waals surface area contributed by atoms with Crippen molar-refractivity contribution in [3.63, 3.8) is 0 Å². The van der Waals surface area contributed by atoms with Crippen molar-refractivity contribution in [2.45, 2.75) is 0 Å². The van der Waals surface area contributed by atoms with E-state index >= 15 is 0 Å². The third-order valence-electron chi connectivity index (χ3n) is 2.14. The molecular weight excluding hydrogens is 239 g/mol. The van der Waals surface area contributed by atoms with Gasteiger partial charge in [-0.05, 0) is 23.8 Å². The van der Waals surface area contributed by atoms with Crippen LogP contribution < -0.4 is 4.90 Å². The fourth-order valence-corrected chi connectivity index (χ4v) is 1.66. The predicted octanol–water partition coefficient (Wildman–Crippen LogP) is 1.79. The molecule has 17 heavy (non-hydrogen) atoms. The lowest BCUT2D eigenvalue weighted by atomic mass is 10.2. The average Bonchev–Trinajstić information content (AvgIpc) is 2.24. The smallest absolute Gasteiger partial charge is 0.366 e. The second kappa shape index (κ2) is 5.15. The van der Waals surface area contributed by atoms with Crippen molar-refractivity contribution in [2.24, 2.45) is 0 Å². The summed E-state index contributed by atoms with van der Waals surface area (Å²) in [4.78, 5) is 19.7. The minimum absolute atomic E-state index is 0.532. The lowest BCUT2D eigenvalue weighted by Crippen LogP contribution is -2.07. The van der Waals surface area contributed by atoms with Crippen molar-refractivity contribution in [1.82, 2.24) is 0 Å². The number of nitrogens with zero attached hydrogens (tertiary/aromatic N) is 2. The Kier molecular flexibility index (Phi) is 4.08. The van der Waals surface area contributed by atoms with Gasteiger partial charge in [0.2, 0.25) is 0 Å². The van der Waals surface area contributed by atoms with E-state index < -0.39 is 12.9 Å². The van der Waals surface area contributed by atoms with E-state index in [0.29, 0.717) is 5.56 Å². The molecule has 0 aliphatic rings. The Labute approximate surface area is 99.8 Å². The van der Waals surface area contributed by atoms with Crippen molar-refractivity contribution in [2.75, 3.05) is 19.0 Å². The molecule has 0 aromatic heterocycles. The number of allylic oxidation sites excluding steroid dienone is 1. The van der Waals surface area contributed by atoms with Gasteiger partial charge in [0, 0.05) is 19.8 Å². The van der Waals surface area contributed by atoms with E-state index in [0.717, 1.165) is 5.69 Å². The third-order valence-corrected chi connectivity index (χ3v) is 3.00. The normalized spacial score (nSPS) is 12.1. The zero-order valence-electron chi connectivity index (χ0n) is 9.53. The molecule has 0 unspecified atom stereocenters. The number of nitriles is 1. The standard InChI is InChI=1S/C11H13N2O3P/c1-13(2)10-5-3-9(4-6-10)7-11(8-12)17(14,15)16/h3-7H,1-2H3,(H2,14,15,16). The second-order valence-electron chi connectivity index (χ2n) is 3.67. The van der Waals surface area contributed by atoms with Gasteiger partial charge in [0.05, 0.1) is 0 Å². The first-order chi connectivity index (χ1) is 7.84. The van der Waals surface area contributed by atoms with Crippen LogP contribution in [0.1, 0.15) is 5.56 Å². The molecule has 90 valence electrons. The first kappa shape index (κ1) is 13.5. The van der Waals surface area contributed by atoms with Gasteiger partial charge in [-0.3, -0.25) is 4.57 Å². The van der Waals surface area contributed by atoms with Gasteiger partial charge in [0.1, 0.15) is 11.4 Å². The van der Waals surface area contributed by atoms with Crippen LogP contribution in [0.2, 0.25) is 0 Å². The van der Waals surface area contributed by atoms with Crippen LogP contribution in [0.4, 0.5) is 5.69 Å². The van der Waals surface area contributed by atoms with Gasteiger partial charge in [-0.25, -0.2) is 0 Å². The first-order valence-electron chi connectivity index (χ1n) is 4.80. The minimum atomic E-state index is -4.48. The molecule has 1 rings (SSSR count). The van der Waals surface area contributed by atoms with Gasteiger partial charge in [-0.2, -0.15) is 5.26 Å². The largest absolute Gasteiger partial charge is 0.378 e. The Morgan fingerprint density at radius 2 is 1.88 bits per heavy atom. The molecule has 0 radical (unpaired) electrons. The Morgan fingerprint density at radius 1 is 1.35 bits per heavy atom. The molecule has 6 heteroatoms. The third kappa shape index (κ3) is 3.72. The maximum Gasteiger partial charge on any atom is 0.366 e. The summed E-state index contributed by atoms with van der Waals surface area (Å²) < 4.78 is 10.9. The maximum absolute atomic E-state index is 10.9. The van der Waals surface area contributed by atoms with Crippen molar-refractivity contribution in [3.05, 3.63) is 35.1 Å². The Hall–Kier alpha value is -1.60. The lowest BCUT2D eigenvalue weighted by molar-refractivity contribution is 0.384. The average molecular weight is 252 g/mol. The molecule has 0 heterocycles. The monoisotopic (exact) mass is 252 g/mol. The minimum Gasteiger partial charge on any atom is -0.378 e. The van der Waals surface area contributed by atoms with Crippen LogP contribution >= 0.6 is 7.60 Å². The summed E-state index contributed by atoms with van der Waals surface area (Å²) in [6.07, 6.45) is 1.19. The molecule has 2 N–H and O–H groups in total. The Morgan fingerprint density at radius 3 is 2.24 bits per heavy atom. The van der Waals surface area contributed by atoms with Crippen LogP contribution in [0, 0.1) is 11.3 Å². The molecule has 0 amide bonds. The molecule has 0 aliphatic carbocycles. The van der Waals surface area contributed by atoms with Crippen molar-refractivity contribution in [1.29, 1.82) is 5.26 Å². The van der Waals surface area contributed by atoms with E-state index in [1.807, 2.05) is 19.0 Å². The molecule has 1 aromatic carbocycles. The van der Waals surface area contributed by atoms with Gasteiger partial charge in [-0.15, -0.1) is 0 Å². The summed E-state index contributed by atoms with van der Waals surface area (Å²) >= 11 is 0. The zero-order chi connectivity index (χ0) is 13.1. The molecule has 0 spiro atoms. The molecule has 0 atom stereocenters. The highest BCUT2D eigenvalue weighted by molar-refractivity contribution is 7.57. The molecule has 1 aromatic rings. The summed E-state index contributed by atoms with van der Waals surface area (Å²) in [7, 11) is -0.703. The lowest BCUT2D eigenvalue weighted by Gasteiger charge is -2.11. The highest BCUT2D eigenvalue weighted by Crippen LogP contribution is 2.45. The van der Waals surface area contributed by atoms with Crippen LogP contribution in [0.5, 0.6) is 0 Å². The van der Waals surface area contributed by atoms with Crippen molar-refractivity contribution >= 4 is 19.4 Å². The molecular formula is C11H13N2O3P. The van der Waals surface area contributed by atoms with Crippen LogP contribution in [0.15, 0.2) is 29.6 Å². The number of hydrogen-bond acceptors (Lipinski definition) is 3. The fraction of sp³-hybridized carbons (Fsp3) is 0.182. The summed E-state index contributed by atoms with van der Waals surface area (Å²) in [5.74, 6) is 0. The van der Waals surface area contributed by atoms with Crippen LogP contribution in [-0.2, 0) is 4.57 Å². The topological polar surface area (TPSA) is 84.6 Å². The highest BCUT2D eigenvalue weighted by atomic mass is 31.2. The van der Waals surface area contributed by atoms with Crippen LogP contribution in [-0.4, -0.2) is 23.9 Å². The van der Waals surface area contributed by atoms with E-state index in [2.05, 4.69) is 0 Å². The Bertz CT molecular complexity index is 509. The van der Waals surface area contributed by atoms with Gasteiger partial charge >= 0.3 is 7.60 Å². The number of rotatable bonds is 3. The second-order valence-corrected chi connectivity index (χ2v) is 5.24. The first-order valence-corrected chi connectivity index (χ1v) is 6.41. The van der Waals surface area contributed by atoms with Gasteiger partial charge in [-0.1, -0.05) is 12.1 Å². The molecule has 0 fully saturated rings. The van der Waals surface area contributed by atoms with Gasteiger partial charge in [0.15, 0.2) is 0 Å². The van der Waals surface area contributed by atoms with E-state index in [9.17, 15) is 4.57 Å². The molecule has 0 saturated heterocycles. The number of anilines is 1. The molecule has 0 aliphatic heterocycles. The van der Waals surface area contributed by atoms with E-state index in [1.54, 1.807) is 24.3 Å². The van der Waals surface area contributed by atoms with E-state index in [1.165, 1.54) is 12.1 Å². The summed E-state index contributed by atoms with van der Waals surface area (Å²) in [6.45, 7) is 0. The zero-order valence-corrected chi connectivity index (χ0v) is 10.4. The van der Waals surface area contributed by atoms with Crippen LogP contribution in [0.3, 0.4) is 0 Å². The maximum atomic E-state index is 10.9. The number of benzene rings is 1. The van der Waals surface area contributed by atoms with Gasteiger partial charge in [0.25, 0.3) is 0 Å². The van der Waals surface area contributed by atoms with Crippen molar-refractivity contribution < 1.29 is 14.4 Å². The predicted molar refractivity (Wildman–Crippen MR) is 66.4 cm³/mol. The fourth-order valence-electron chi connectivity index (χ4n) is 1.21. The number of hydrogen-bond donors (Lipinski definition) is 2. The van der Waals surface area contributed by atoms with E-state index in [4.69, 9.17) is 15.0 Å². The molecule has 5 nitrogen and oxygen atoms in total. The summed E-state index contributed by atoms with van der Waals surface area (Å²) in [5.41, 5.74) is 1.55. The molecule has 0 saturated carbocycles. The highest BCUT2D eigenvalue weighted by Gasteiger charge is 2.20. The van der Waals surface area contributed by atoms with Gasteiger partial charge < -0.3 is 14.7 Å². The summed E-state index contributed by atoms with van der Waals surface area (Å²) in [5, 5.41) is 8.11. The van der Waals surface area contributed by atoms with Crippen LogP contribution in [0.25, 0.3) is 6.08 Å². The molecule has 0 bridgehead atoms.